The maximum absolute atomic E-state index is 13.4. The normalized spacial score (nSPS) is 23.4. The lowest BCUT2D eigenvalue weighted by Crippen LogP contribution is -2.70. The lowest BCUT2D eigenvalue weighted by Gasteiger charge is -2.61. The number of urea groups is 1. The van der Waals surface area contributed by atoms with Gasteiger partial charge in [0.05, 0.1) is 18.1 Å². The van der Waals surface area contributed by atoms with Crippen LogP contribution in [0.5, 0.6) is 0 Å². The number of halogens is 4. The van der Waals surface area contributed by atoms with Crippen LogP contribution in [0.2, 0.25) is 5.02 Å². The van der Waals surface area contributed by atoms with Gasteiger partial charge in [0.2, 0.25) is 11.8 Å². The van der Waals surface area contributed by atoms with E-state index in [1.165, 1.54) is 0 Å². The van der Waals surface area contributed by atoms with Crippen LogP contribution in [0.1, 0.15) is 38.0 Å². The first-order valence-electron chi connectivity index (χ1n) is 11.4. The lowest BCUT2D eigenvalue weighted by molar-refractivity contribution is -0.125. The molecular formula is C22H24ClF3N8O2. The van der Waals surface area contributed by atoms with Gasteiger partial charge in [-0.3, -0.25) is 4.68 Å². The van der Waals surface area contributed by atoms with Crippen molar-refractivity contribution in [3.8, 4) is 11.4 Å². The Balaban J connectivity index is 1.34. The number of amides is 2. The van der Waals surface area contributed by atoms with Crippen molar-refractivity contribution in [2.75, 3.05) is 11.9 Å². The number of piperidine rings is 1. The van der Waals surface area contributed by atoms with Gasteiger partial charge < -0.3 is 20.0 Å². The zero-order chi connectivity index (χ0) is 25.7. The maximum atomic E-state index is 13.4. The third-order valence-corrected chi connectivity index (χ3v) is 6.83. The van der Waals surface area contributed by atoms with Crippen molar-refractivity contribution < 1.29 is 22.4 Å². The first kappa shape index (κ1) is 24.5. The van der Waals surface area contributed by atoms with E-state index in [1.807, 2.05) is 0 Å². The first-order chi connectivity index (χ1) is 17.0. The number of aromatic nitrogens is 5. The van der Waals surface area contributed by atoms with Crippen LogP contribution in [-0.2, 0) is 19.1 Å². The summed E-state index contributed by atoms with van der Waals surface area (Å²) in [4.78, 5) is 19.4. The zero-order valence-electron chi connectivity index (χ0n) is 19.5. The van der Waals surface area contributed by atoms with Gasteiger partial charge in [0.15, 0.2) is 5.82 Å². The molecule has 14 heteroatoms. The Hall–Kier alpha value is -3.19. The summed E-state index contributed by atoms with van der Waals surface area (Å²) < 4.78 is 44.6. The molecule has 2 amide bonds. The predicted molar refractivity (Wildman–Crippen MR) is 123 cm³/mol. The van der Waals surface area contributed by atoms with E-state index < -0.39 is 18.3 Å². The molecule has 1 saturated carbocycles. The Kier molecular flexibility index (Phi) is 6.15. The maximum Gasteiger partial charge on any atom is 0.401 e. The summed E-state index contributed by atoms with van der Waals surface area (Å²) in [7, 11) is 1.74. The zero-order valence-corrected chi connectivity index (χ0v) is 20.3. The van der Waals surface area contributed by atoms with Crippen molar-refractivity contribution in [2.45, 2.75) is 50.5 Å². The number of anilines is 1. The Morgan fingerprint density at radius 1 is 1.31 bits per heavy atom. The van der Waals surface area contributed by atoms with E-state index in [1.54, 1.807) is 41.2 Å². The number of carbonyl (C=O) groups is 1. The smallest absolute Gasteiger partial charge is 0.401 e. The molecule has 0 unspecified atom stereocenters. The van der Waals surface area contributed by atoms with Crippen LogP contribution in [0.4, 0.5) is 23.7 Å². The van der Waals surface area contributed by atoms with Gasteiger partial charge >= 0.3 is 12.2 Å². The molecule has 3 aliphatic rings. The van der Waals surface area contributed by atoms with Crippen molar-refractivity contribution in [1.82, 2.24) is 35.2 Å². The van der Waals surface area contributed by atoms with E-state index in [2.05, 4.69) is 37.8 Å². The number of aryl methyl sites for hydroxylation is 1. The summed E-state index contributed by atoms with van der Waals surface area (Å²) in [5, 5.41) is 17.9. The van der Waals surface area contributed by atoms with Gasteiger partial charge in [0, 0.05) is 30.8 Å². The Bertz CT molecular complexity index is 1280. The molecule has 2 N–H and O–H groups in total. The van der Waals surface area contributed by atoms with E-state index in [-0.39, 0.29) is 30.4 Å². The molecule has 0 radical (unpaired) electrons. The summed E-state index contributed by atoms with van der Waals surface area (Å²) in [6, 6.07) is 4.70. The number of hydrogen-bond acceptors (Lipinski definition) is 7. The van der Waals surface area contributed by atoms with E-state index in [0.717, 1.165) is 6.42 Å². The highest BCUT2D eigenvalue weighted by Crippen LogP contribution is 2.55. The number of alkyl halides is 3. The van der Waals surface area contributed by atoms with E-state index in [0.29, 0.717) is 40.9 Å². The fourth-order valence-corrected chi connectivity index (χ4v) is 5.40. The SMILES string of the molecule is C[C@H]1C[C@@H]2C[C@](c3nnc(CNCC(F)(F)F)o3)(C1)N2C(=O)Nc1ccc(Cl)c(-c2ncn(C)n2)c1. The minimum atomic E-state index is -4.34. The molecule has 36 heavy (non-hydrogen) atoms. The van der Waals surface area contributed by atoms with E-state index >= 15 is 0 Å². The summed E-state index contributed by atoms with van der Waals surface area (Å²) in [5.74, 6) is 1.01. The molecule has 1 aliphatic carbocycles. The van der Waals surface area contributed by atoms with Crippen LogP contribution in [0.15, 0.2) is 28.9 Å². The average molecular weight is 525 g/mol. The van der Waals surface area contributed by atoms with Gasteiger partial charge in [-0.1, -0.05) is 18.5 Å². The van der Waals surface area contributed by atoms with Crippen molar-refractivity contribution in [3.63, 3.8) is 0 Å². The van der Waals surface area contributed by atoms with Crippen LogP contribution in [0.25, 0.3) is 11.4 Å². The number of rotatable bonds is 6. The van der Waals surface area contributed by atoms with E-state index in [4.69, 9.17) is 16.0 Å². The Labute approximate surface area is 209 Å². The number of benzene rings is 1. The molecule has 0 spiro atoms. The minimum absolute atomic E-state index is 0.0170. The van der Waals surface area contributed by atoms with Gasteiger partial charge in [-0.2, -0.15) is 18.3 Å². The molecule has 2 bridgehead atoms. The van der Waals surface area contributed by atoms with Crippen molar-refractivity contribution in [2.24, 2.45) is 13.0 Å². The standard InChI is InChI=1S/C22H24ClF3N8O2/c1-12-5-14-8-21(7-12,19-31-30-17(36-19)9-27-10-22(24,25)26)34(14)20(35)29-13-3-4-16(23)15(6-13)18-28-11-33(2)32-18/h3-4,6,11-12,14,27H,5,7-10H2,1-2H3,(H,29,35)/t12-,14+,21-/m0/s1. The fraction of sp³-hybridized carbons (Fsp3) is 0.500. The van der Waals surface area contributed by atoms with E-state index in [9.17, 15) is 18.0 Å². The second kappa shape index (κ2) is 9.04. The van der Waals surface area contributed by atoms with Gasteiger partial charge in [-0.05, 0) is 37.0 Å². The molecule has 6 rings (SSSR count). The fourth-order valence-electron chi connectivity index (χ4n) is 5.19. The van der Waals surface area contributed by atoms with Gasteiger partial charge in [0.25, 0.3) is 0 Å². The number of nitrogens with one attached hydrogen (secondary N) is 2. The number of hydrogen-bond donors (Lipinski definition) is 2. The second-order valence-corrected chi connectivity index (χ2v) is 9.80. The molecule has 192 valence electrons. The third kappa shape index (κ3) is 4.64. The van der Waals surface area contributed by atoms with Crippen LogP contribution in [0.3, 0.4) is 0 Å². The van der Waals surface area contributed by atoms with Crippen LogP contribution < -0.4 is 10.6 Å². The highest BCUT2D eigenvalue weighted by atomic mass is 35.5. The average Bonchev–Trinajstić information content (AvgIpc) is 3.43. The molecule has 2 aromatic heterocycles. The Morgan fingerprint density at radius 2 is 2.11 bits per heavy atom. The predicted octanol–water partition coefficient (Wildman–Crippen LogP) is 4.10. The molecule has 2 saturated heterocycles. The van der Waals surface area contributed by atoms with Crippen LogP contribution in [0, 0.1) is 5.92 Å². The van der Waals surface area contributed by atoms with Gasteiger partial charge in [0.1, 0.15) is 11.9 Å². The first-order valence-corrected chi connectivity index (χ1v) is 11.8. The van der Waals surface area contributed by atoms with Crippen molar-refractivity contribution in [3.05, 3.63) is 41.3 Å². The summed E-state index contributed by atoms with van der Waals surface area (Å²) in [6.07, 6.45) is -0.706. The molecule has 2 aliphatic heterocycles. The molecule has 4 heterocycles. The number of carbonyl (C=O) groups excluding carboxylic acids is 1. The topological polar surface area (TPSA) is 114 Å². The highest BCUT2D eigenvalue weighted by Gasteiger charge is 2.62. The molecule has 1 aromatic carbocycles. The van der Waals surface area contributed by atoms with Gasteiger partial charge in [-0.25, -0.2) is 9.78 Å². The third-order valence-electron chi connectivity index (χ3n) is 6.50. The molecular weight excluding hydrogens is 501 g/mol. The molecule has 3 aromatic rings. The minimum Gasteiger partial charge on any atom is -0.421 e. The number of nitrogens with zero attached hydrogens (tertiary/aromatic N) is 6. The molecule has 3 atom stereocenters. The van der Waals surface area contributed by atoms with Crippen molar-refractivity contribution >= 4 is 23.3 Å². The Morgan fingerprint density at radius 3 is 2.83 bits per heavy atom. The van der Waals surface area contributed by atoms with Crippen LogP contribution in [-0.4, -0.2) is 54.7 Å². The summed E-state index contributed by atoms with van der Waals surface area (Å²) >= 11 is 6.33. The van der Waals surface area contributed by atoms with Gasteiger partial charge in [-0.15, -0.1) is 10.2 Å². The second-order valence-electron chi connectivity index (χ2n) is 9.39. The summed E-state index contributed by atoms with van der Waals surface area (Å²) in [6.45, 7) is 0.702. The largest absolute Gasteiger partial charge is 0.421 e. The number of fused-ring (bicyclic) bond motifs is 2. The lowest BCUT2D eigenvalue weighted by atomic mass is 9.64. The monoisotopic (exact) mass is 524 g/mol. The molecule has 10 nitrogen and oxygen atoms in total. The molecule has 3 fully saturated rings. The van der Waals surface area contributed by atoms with Crippen molar-refractivity contribution in [1.29, 1.82) is 0 Å². The van der Waals surface area contributed by atoms with Crippen LogP contribution >= 0.6 is 11.6 Å². The quantitative estimate of drug-likeness (QED) is 0.499. The highest BCUT2D eigenvalue weighted by molar-refractivity contribution is 6.33. The summed E-state index contributed by atoms with van der Waals surface area (Å²) in [5.41, 5.74) is 0.289.